The van der Waals surface area contributed by atoms with E-state index in [1.54, 1.807) is 24.5 Å². The van der Waals surface area contributed by atoms with Crippen LogP contribution in [0.25, 0.3) is 10.9 Å². The highest BCUT2D eigenvalue weighted by molar-refractivity contribution is 5.90. The van der Waals surface area contributed by atoms with Crippen LogP contribution in [0, 0.1) is 12.7 Å². The fraction of sp³-hybridized carbons (Fsp3) is 0.0714. The molecule has 0 spiro atoms. The predicted molar refractivity (Wildman–Crippen MR) is 71.8 cm³/mol. The van der Waals surface area contributed by atoms with Crippen molar-refractivity contribution < 1.29 is 4.39 Å². The highest BCUT2D eigenvalue weighted by Gasteiger charge is 2.06. The molecule has 0 aliphatic heterocycles. The van der Waals surface area contributed by atoms with E-state index in [2.05, 4.69) is 20.3 Å². The summed E-state index contributed by atoms with van der Waals surface area (Å²) in [5.41, 5.74) is 1.41. The quantitative estimate of drug-likeness (QED) is 0.762. The number of hydrogen-bond acceptors (Lipinski definition) is 4. The van der Waals surface area contributed by atoms with Gasteiger partial charge in [0.15, 0.2) is 0 Å². The Morgan fingerprint density at radius 2 is 2.05 bits per heavy atom. The number of aromatic nitrogens is 3. The van der Waals surface area contributed by atoms with Crippen LogP contribution in [-0.2, 0) is 0 Å². The Kier molecular flexibility index (Phi) is 2.79. The van der Waals surface area contributed by atoms with Crippen molar-refractivity contribution in [1.82, 2.24) is 15.0 Å². The van der Waals surface area contributed by atoms with Crippen LogP contribution in [0.15, 0.2) is 42.7 Å². The topological polar surface area (TPSA) is 50.7 Å². The van der Waals surface area contributed by atoms with E-state index in [1.165, 1.54) is 12.1 Å². The summed E-state index contributed by atoms with van der Waals surface area (Å²) in [7, 11) is 0. The second-order valence-electron chi connectivity index (χ2n) is 4.15. The lowest BCUT2D eigenvalue weighted by molar-refractivity contribution is 0.628. The minimum atomic E-state index is -0.290. The third-order valence-electron chi connectivity index (χ3n) is 2.70. The van der Waals surface area contributed by atoms with Crippen molar-refractivity contribution >= 4 is 22.4 Å². The molecular formula is C14H11FN4. The fourth-order valence-corrected chi connectivity index (χ4v) is 1.90. The zero-order valence-corrected chi connectivity index (χ0v) is 10.3. The number of hydrogen-bond donors (Lipinski definition) is 1. The maximum Gasteiger partial charge on any atom is 0.142 e. The predicted octanol–water partition coefficient (Wildman–Crippen LogP) is 3.22. The monoisotopic (exact) mass is 254 g/mol. The molecule has 94 valence electrons. The molecule has 3 aromatic rings. The molecule has 0 bridgehead atoms. The normalized spacial score (nSPS) is 10.6. The zero-order chi connectivity index (χ0) is 13.2. The number of nitrogens with one attached hydrogen (secondary N) is 1. The van der Waals surface area contributed by atoms with Gasteiger partial charge in [-0.3, -0.25) is 4.98 Å². The van der Waals surface area contributed by atoms with Crippen LogP contribution in [0.1, 0.15) is 5.82 Å². The van der Waals surface area contributed by atoms with Crippen LogP contribution in [0.3, 0.4) is 0 Å². The smallest absolute Gasteiger partial charge is 0.142 e. The summed E-state index contributed by atoms with van der Waals surface area (Å²) in [5, 5.41) is 3.96. The van der Waals surface area contributed by atoms with Gasteiger partial charge in [-0.05, 0) is 31.2 Å². The zero-order valence-electron chi connectivity index (χ0n) is 10.3. The number of halogens is 1. The first-order valence-corrected chi connectivity index (χ1v) is 5.83. The van der Waals surface area contributed by atoms with Gasteiger partial charge < -0.3 is 5.32 Å². The largest absolute Gasteiger partial charge is 0.340 e. The molecule has 0 aliphatic rings. The third kappa shape index (κ3) is 2.35. The van der Waals surface area contributed by atoms with Crippen LogP contribution in [-0.4, -0.2) is 15.0 Å². The van der Waals surface area contributed by atoms with Gasteiger partial charge in [-0.2, -0.15) is 0 Å². The summed E-state index contributed by atoms with van der Waals surface area (Å²) in [5.74, 6) is 0.997. The summed E-state index contributed by atoms with van der Waals surface area (Å²) >= 11 is 0. The highest BCUT2D eigenvalue weighted by Crippen LogP contribution is 2.23. The number of anilines is 2. The Bertz CT molecular complexity index is 742. The van der Waals surface area contributed by atoms with Crippen molar-refractivity contribution in [2.24, 2.45) is 0 Å². The van der Waals surface area contributed by atoms with Gasteiger partial charge in [-0.25, -0.2) is 14.4 Å². The van der Waals surface area contributed by atoms with E-state index in [-0.39, 0.29) is 5.82 Å². The molecule has 0 radical (unpaired) electrons. The first-order chi connectivity index (χ1) is 9.22. The molecule has 3 rings (SSSR count). The Morgan fingerprint density at radius 1 is 1.16 bits per heavy atom. The van der Waals surface area contributed by atoms with Crippen LogP contribution >= 0.6 is 0 Å². The number of aryl methyl sites for hydroxylation is 1. The molecule has 0 saturated carbocycles. The van der Waals surface area contributed by atoms with Gasteiger partial charge in [0, 0.05) is 17.3 Å². The van der Waals surface area contributed by atoms with Crippen molar-refractivity contribution in [2.45, 2.75) is 6.92 Å². The second-order valence-corrected chi connectivity index (χ2v) is 4.15. The molecule has 4 nitrogen and oxygen atoms in total. The summed E-state index contributed by atoms with van der Waals surface area (Å²) in [6, 6.07) is 8.09. The van der Waals surface area contributed by atoms with E-state index >= 15 is 0 Å². The third-order valence-corrected chi connectivity index (χ3v) is 2.70. The summed E-state index contributed by atoms with van der Waals surface area (Å²) in [6.45, 7) is 1.81. The van der Waals surface area contributed by atoms with Gasteiger partial charge in [-0.1, -0.05) is 6.07 Å². The lowest BCUT2D eigenvalue weighted by Gasteiger charge is -2.09. The van der Waals surface area contributed by atoms with Crippen molar-refractivity contribution in [2.75, 3.05) is 5.32 Å². The van der Waals surface area contributed by atoms with Crippen LogP contribution in [0.5, 0.6) is 0 Å². The van der Waals surface area contributed by atoms with Gasteiger partial charge in [0.1, 0.15) is 17.5 Å². The lowest BCUT2D eigenvalue weighted by atomic mass is 10.2. The minimum Gasteiger partial charge on any atom is -0.340 e. The van der Waals surface area contributed by atoms with E-state index in [4.69, 9.17) is 0 Å². The van der Waals surface area contributed by atoms with E-state index in [9.17, 15) is 4.39 Å². The molecule has 1 N–H and O–H groups in total. The molecule has 0 unspecified atom stereocenters. The first-order valence-electron chi connectivity index (χ1n) is 5.83. The second kappa shape index (κ2) is 4.61. The Labute approximate surface area is 109 Å². The lowest BCUT2D eigenvalue weighted by Crippen LogP contribution is -1.99. The van der Waals surface area contributed by atoms with Crippen molar-refractivity contribution in [3.63, 3.8) is 0 Å². The average Bonchev–Trinajstić information content (AvgIpc) is 2.38. The van der Waals surface area contributed by atoms with E-state index in [0.29, 0.717) is 17.3 Å². The van der Waals surface area contributed by atoms with Gasteiger partial charge in [0.05, 0.1) is 11.7 Å². The van der Waals surface area contributed by atoms with Gasteiger partial charge >= 0.3 is 0 Å². The van der Waals surface area contributed by atoms with E-state index in [1.807, 2.05) is 13.0 Å². The molecule has 2 aromatic heterocycles. The number of benzene rings is 1. The molecular weight excluding hydrogens is 243 g/mol. The number of nitrogens with zero attached hydrogens (tertiary/aromatic N) is 3. The number of pyridine rings is 1. The molecule has 1 aromatic carbocycles. The Hall–Kier alpha value is -2.56. The van der Waals surface area contributed by atoms with Crippen LogP contribution in [0.4, 0.5) is 15.9 Å². The van der Waals surface area contributed by atoms with Crippen molar-refractivity contribution in [1.29, 1.82) is 0 Å². The SMILES string of the molecule is Cc1nc(Nc2cccc(F)c2)c2ccncc2n1. The van der Waals surface area contributed by atoms with Gasteiger partial charge in [0.2, 0.25) is 0 Å². The summed E-state index contributed by atoms with van der Waals surface area (Å²) in [6.07, 6.45) is 3.36. The summed E-state index contributed by atoms with van der Waals surface area (Å²) < 4.78 is 13.2. The number of rotatable bonds is 2. The minimum absolute atomic E-state index is 0.290. The highest BCUT2D eigenvalue weighted by atomic mass is 19.1. The van der Waals surface area contributed by atoms with E-state index in [0.717, 1.165) is 10.9 Å². The Morgan fingerprint density at radius 3 is 2.89 bits per heavy atom. The fourth-order valence-electron chi connectivity index (χ4n) is 1.90. The average molecular weight is 254 g/mol. The maximum atomic E-state index is 13.2. The molecule has 19 heavy (non-hydrogen) atoms. The maximum absolute atomic E-state index is 13.2. The summed E-state index contributed by atoms with van der Waals surface area (Å²) in [4.78, 5) is 12.7. The molecule has 0 fully saturated rings. The molecule has 0 aliphatic carbocycles. The molecule has 0 atom stereocenters. The molecule has 0 saturated heterocycles. The first kappa shape index (κ1) is 11.5. The standard InChI is InChI=1S/C14H11FN4/c1-9-17-13-8-16-6-5-12(13)14(18-9)19-11-4-2-3-10(15)7-11/h2-8H,1H3,(H,17,18,19). The van der Waals surface area contributed by atoms with Crippen LogP contribution < -0.4 is 5.32 Å². The Balaban J connectivity index is 2.09. The van der Waals surface area contributed by atoms with Crippen molar-refractivity contribution in [3.8, 4) is 0 Å². The van der Waals surface area contributed by atoms with Gasteiger partial charge in [-0.15, -0.1) is 0 Å². The van der Waals surface area contributed by atoms with Crippen molar-refractivity contribution in [3.05, 3.63) is 54.4 Å². The van der Waals surface area contributed by atoms with E-state index < -0.39 is 0 Å². The molecule has 5 heteroatoms. The molecule has 0 amide bonds. The van der Waals surface area contributed by atoms with Gasteiger partial charge in [0.25, 0.3) is 0 Å². The number of fused-ring (bicyclic) bond motifs is 1. The molecule has 2 heterocycles. The van der Waals surface area contributed by atoms with Crippen LogP contribution in [0.2, 0.25) is 0 Å².